The van der Waals surface area contributed by atoms with Crippen LogP contribution in [0.2, 0.25) is 0 Å². The summed E-state index contributed by atoms with van der Waals surface area (Å²) in [6, 6.07) is 0. The van der Waals surface area contributed by atoms with Crippen molar-refractivity contribution in [2.75, 3.05) is 32.0 Å². The van der Waals surface area contributed by atoms with Gasteiger partial charge in [-0.1, -0.05) is 17.7 Å². The average molecular weight is 346 g/mol. The highest BCUT2D eigenvalue weighted by Gasteiger charge is 2.26. The first-order valence-corrected chi connectivity index (χ1v) is 8.98. The third-order valence-corrected chi connectivity index (χ3v) is 4.41. The summed E-state index contributed by atoms with van der Waals surface area (Å²) >= 11 is 0. The van der Waals surface area contributed by atoms with Gasteiger partial charge < -0.3 is 15.0 Å². The second-order valence-corrected chi connectivity index (χ2v) is 6.78. The average Bonchev–Trinajstić information content (AvgIpc) is 2.98. The van der Waals surface area contributed by atoms with Gasteiger partial charge in [-0.25, -0.2) is 4.98 Å². The number of nitrogens with zero attached hydrogens (tertiary/aromatic N) is 3. The second kappa shape index (κ2) is 9.42. The summed E-state index contributed by atoms with van der Waals surface area (Å²) in [7, 11) is 0. The number of anilines is 1. The lowest BCUT2D eigenvalue weighted by molar-refractivity contribution is -0.149. The number of hydrogen-bond donors (Lipinski definition) is 1. The number of imidazole rings is 1. The molecule has 0 amide bonds. The molecule has 1 aliphatic rings. The van der Waals surface area contributed by atoms with Crippen molar-refractivity contribution in [1.29, 1.82) is 0 Å². The molecule has 1 fully saturated rings. The van der Waals surface area contributed by atoms with Crippen molar-refractivity contribution in [2.45, 2.75) is 40.2 Å². The molecule has 0 aliphatic carbocycles. The highest BCUT2D eigenvalue weighted by Crippen LogP contribution is 2.20. The van der Waals surface area contributed by atoms with Crippen molar-refractivity contribution < 1.29 is 9.53 Å². The zero-order valence-electron chi connectivity index (χ0n) is 15.6. The standard InChI is InChI=1S/C19H30N4O2/c1-4-25-18(24)17-7-10-22(11-8-17)13-16(6-5-15(2)3)14-23-12-9-21-19(23)20/h5-6,9,12,17H,4,7-8,10-11,13-14H2,1-3H3,(H2,20,21)/b16-6+. The van der Waals surface area contributed by atoms with Crippen LogP contribution in [0, 0.1) is 5.92 Å². The van der Waals surface area contributed by atoms with Crippen LogP contribution in [0.4, 0.5) is 5.95 Å². The predicted molar refractivity (Wildman–Crippen MR) is 100.0 cm³/mol. The molecule has 0 atom stereocenters. The number of carbonyl (C=O) groups is 1. The lowest BCUT2D eigenvalue weighted by atomic mass is 9.96. The van der Waals surface area contributed by atoms with Crippen molar-refractivity contribution in [3.05, 3.63) is 35.7 Å². The molecule has 1 aromatic heterocycles. The highest BCUT2D eigenvalue weighted by molar-refractivity contribution is 5.72. The Hall–Kier alpha value is -2.08. The van der Waals surface area contributed by atoms with Crippen molar-refractivity contribution in [2.24, 2.45) is 5.92 Å². The molecule has 0 unspecified atom stereocenters. The van der Waals surface area contributed by atoms with Gasteiger partial charge in [0.1, 0.15) is 0 Å². The Kier molecular flexibility index (Phi) is 7.25. The Morgan fingerprint density at radius 1 is 1.32 bits per heavy atom. The van der Waals surface area contributed by atoms with E-state index in [1.54, 1.807) is 6.20 Å². The molecule has 2 heterocycles. The van der Waals surface area contributed by atoms with Crippen molar-refractivity contribution in [1.82, 2.24) is 14.5 Å². The smallest absolute Gasteiger partial charge is 0.309 e. The Morgan fingerprint density at radius 2 is 2.04 bits per heavy atom. The van der Waals surface area contributed by atoms with E-state index in [0.29, 0.717) is 12.6 Å². The molecule has 0 spiro atoms. The number of allylic oxidation sites excluding steroid dienone is 3. The van der Waals surface area contributed by atoms with Gasteiger partial charge in [-0.3, -0.25) is 9.69 Å². The first kappa shape index (κ1) is 19.2. The number of esters is 1. The molecule has 6 nitrogen and oxygen atoms in total. The Balaban J connectivity index is 1.96. The molecular formula is C19H30N4O2. The Bertz CT molecular complexity index is 621. The van der Waals surface area contributed by atoms with Crippen LogP contribution in [0.15, 0.2) is 35.7 Å². The molecule has 1 saturated heterocycles. The third kappa shape index (κ3) is 6.05. The lowest BCUT2D eigenvalue weighted by Crippen LogP contribution is -2.38. The number of nitrogen functional groups attached to an aromatic ring is 1. The molecule has 0 radical (unpaired) electrons. The maximum absolute atomic E-state index is 11.9. The zero-order chi connectivity index (χ0) is 18.2. The number of likely N-dealkylation sites (tertiary alicyclic amines) is 1. The summed E-state index contributed by atoms with van der Waals surface area (Å²) in [5.74, 6) is 0.531. The van der Waals surface area contributed by atoms with E-state index in [0.717, 1.165) is 39.0 Å². The van der Waals surface area contributed by atoms with Crippen LogP contribution in [0.5, 0.6) is 0 Å². The van der Waals surface area contributed by atoms with Crippen LogP contribution < -0.4 is 5.73 Å². The molecule has 2 rings (SSSR count). The van der Waals surface area contributed by atoms with E-state index >= 15 is 0 Å². The molecule has 2 N–H and O–H groups in total. The minimum atomic E-state index is -0.0476. The normalized spacial score (nSPS) is 16.7. The lowest BCUT2D eigenvalue weighted by Gasteiger charge is -2.31. The summed E-state index contributed by atoms with van der Waals surface area (Å²) in [5.41, 5.74) is 8.44. The summed E-state index contributed by atoms with van der Waals surface area (Å²) in [5, 5.41) is 0. The molecular weight excluding hydrogens is 316 g/mol. The van der Waals surface area contributed by atoms with Crippen molar-refractivity contribution in [3.63, 3.8) is 0 Å². The van der Waals surface area contributed by atoms with E-state index in [4.69, 9.17) is 10.5 Å². The fraction of sp³-hybridized carbons (Fsp3) is 0.579. The predicted octanol–water partition coefficient (Wildman–Crippen LogP) is 2.63. The number of carbonyl (C=O) groups excluding carboxylic acids is 1. The summed E-state index contributed by atoms with van der Waals surface area (Å²) in [4.78, 5) is 18.4. The van der Waals surface area contributed by atoms with Crippen molar-refractivity contribution >= 4 is 11.9 Å². The molecule has 25 heavy (non-hydrogen) atoms. The van der Waals surface area contributed by atoms with Crippen LogP contribution in [0.25, 0.3) is 0 Å². The maximum atomic E-state index is 11.9. The van der Waals surface area contributed by atoms with Gasteiger partial charge in [-0.05, 0) is 52.3 Å². The van der Waals surface area contributed by atoms with E-state index in [1.807, 2.05) is 17.7 Å². The Labute approximate surface area is 150 Å². The van der Waals surface area contributed by atoms with Gasteiger partial charge in [0.2, 0.25) is 0 Å². The largest absolute Gasteiger partial charge is 0.466 e. The first-order valence-electron chi connectivity index (χ1n) is 8.98. The molecule has 6 heteroatoms. The monoisotopic (exact) mass is 346 g/mol. The van der Waals surface area contributed by atoms with Gasteiger partial charge in [0.15, 0.2) is 5.95 Å². The van der Waals surface area contributed by atoms with Gasteiger partial charge in [0.25, 0.3) is 0 Å². The van der Waals surface area contributed by atoms with Gasteiger partial charge in [0, 0.05) is 25.5 Å². The number of rotatable bonds is 7. The van der Waals surface area contributed by atoms with E-state index in [2.05, 4.69) is 35.9 Å². The topological polar surface area (TPSA) is 73.4 Å². The van der Waals surface area contributed by atoms with E-state index in [1.165, 1.54) is 11.1 Å². The number of ether oxygens (including phenoxy) is 1. The fourth-order valence-corrected chi connectivity index (χ4v) is 3.01. The number of piperidine rings is 1. The van der Waals surface area contributed by atoms with Gasteiger partial charge in [0.05, 0.1) is 12.5 Å². The summed E-state index contributed by atoms with van der Waals surface area (Å²) in [6.07, 6.45) is 9.65. The van der Waals surface area contributed by atoms with Crippen LogP contribution in [0.1, 0.15) is 33.6 Å². The minimum absolute atomic E-state index is 0.0469. The molecule has 0 bridgehead atoms. The molecule has 0 saturated carbocycles. The van der Waals surface area contributed by atoms with Crippen molar-refractivity contribution in [3.8, 4) is 0 Å². The van der Waals surface area contributed by atoms with Crippen LogP contribution in [0.3, 0.4) is 0 Å². The second-order valence-electron chi connectivity index (χ2n) is 6.78. The molecule has 0 aromatic carbocycles. The third-order valence-electron chi connectivity index (χ3n) is 4.41. The molecule has 1 aliphatic heterocycles. The van der Waals surface area contributed by atoms with E-state index in [-0.39, 0.29) is 11.9 Å². The minimum Gasteiger partial charge on any atom is -0.466 e. The van der Waals surface area contributed by atoms with Gasteiger partial charge in [-0.15, -0.1) is 0 Å². The number of hydrogen-bond acceptors (Lipinski definition) is 5. The summed E-state index contributed by atoms with van der Waals surface area (Å²) < 4.78 is 7.10. The van der Waals surface area contributed by atoms with E-state index < -0.39 is 0 Å². The van der Waals surface area contributed by atoms with Gasteiger partial charge in [-0.2, -0.15) is 0 Å². The number of nitrogens with two attached hydrogens (primary N) is 1. The summed E-state index contributed by atoms with van der Waals surface area (Å²) in [6.45, 7) is 9.92. The Morgan fingerprint density at radius 3 is 2.60 bits per heavy atom. The number of aromatic nitrogens is 2. The first-order chi connectivity index (χ1) is 12.0. The highest BCUT2D eigenvalue weighted by atomic mass is 16.5. The zero-order valence-corrected chi connectivity index (χ0v) is 15.6. The van der Waals surface area contributed by atoms with Gasteiger partial charge >= 0.3 is 5.97 Å². The van der Waals surface area contributed by atoms with Crippen LogP contribution in [-0.4, -0.2) is 46.7 Å². The quantitative estimate of drug-likeness (QED) is 0.607. The maximum Gasteiger partial charge on any atom is 0.309 e. The SMILES string of the molecule is CCOC(=O)C1CCN(C/C(=C\C=C(C)C)Cn2ccnc2N)CC1. The van der Waals surface area contributed by atoms with Crippen LogP contribution in [-0.2, 0) is 16.1 Å². The molecule has 1 aromatic rings. The molecule has 138 valence electrons. The van der Waals surface area contributed by atoms with Crippen LogP contribution >= 0.6 is 0 Å². The fourth-order valence-electron chi connectivity index (χ4n) is 3.01. The van der Waals surface area contributed by atoms with E-state index in [9.17, 15) is 4.79 Å².